The maximum Gasteiger partial charge on any atom is 0.228 e. The lowest BCUT2D eigenvalue weighted by Crippen LogP contribution is -2.29. The lowest BCUT2D eigenvalue weighted by atomic mass is 10.2. The number of likely N-dealkylation sites (tertiary alicyclic amines) is 1. The smallest absolute Gasteiger partial charge is 0.228 e. The molecule has 5 heteroatoms. The molecule has 142 valence electrons. The van der Waals surface area contributed by atoms with Gasteiger partial charge in [-0.25, -0.2) is 4.98 Å². The number of nitrogens with zero attached hydrogens (tertiary/aromatic N) is 2. The van der Waals surface area contributed by atoms with E-state index in [1.54, 1.807) is 6.26 Å². The monoisotopic (exact) mass is 358 g/mol. The molecular weight excluding hydrogens is 328 g/mol. The summed E-state index contributed by atoms with van der Waals surface area (Å²) in [5.41, 5.74) is 1.57. The zero-order valence-electron chi connectivity index (χ0n) is 16.2. The van der Waals surface area contributed by atoms with Gasteiger partial charge in [-0.05, 0) is 43.5 Å². The number of oxazole rings is 1. The Balaban J connectivity index is 0.00000117. The van der Waals surface area contributed by atoms with Gasteiger partial charge in [0.05, 0.1) is 18.7 Å². The summed E-state index contributed by atoms with van der Waals surface area (Å²) >= 11 is 0. The van der Waals surface area contributed by atoms with Crippen LogP contribution in [0.5, 0.6) is 5.75 Å². The summed E-state index contributed by atoms with van der Waals surface area (Å²) in [6, 6.07) is 7.70. The highest BCUT2D eigenvalue weighted by atomic mass is 16.5. The number of benzene rings is 1. The van der Waals surface area contributed by atoms with Crippen molar-refractivity contribution in [3.8, 4) is 17.2 Å². The Morgan fingerprint density at radius 3 is 2.54 bits per heavy atom. The van der Waals surface area contributed by atoms with E-state index in [0.29, 0.717) is 18.0 Å². The Kier molecular flexibility index (Phi) is 8.19. The zero-order valence-corrected chi connectivity index (χ0v) is 16.2. The molecule has 0 aliphatic carbocycles. The Labute approximate surface area is 156 Å². The molecule has 1 amide bonds. The number of ether oxygens (including phenoxy) is 1. The van der Waals surface area contributed by atoms with Gasteiger partial charge in [0.2, 0.25) is 11.8 Å². The highest BCUT2D eigenvalue weighted by molar-refractivity contribution is 5.78. The van der Waals surface area contributed by atoms with Gasteiger partial charge < -0.3 is 14.1 Å². The fourth-order valence-electron chi connectivity index (χ4n) is 2.78. The number of hydrogen-bond donors (Lipinski definition) is 0. The maximum absolute atomic E-state index is 12.2. The summed E-state index contributed by atoms with van der Waals surface area (Å²) < 4.78 is 11.2. The molecule has 0 bridgehead atoms. The molecule has 0 N–H and O–H groups in total. The van der Waals surface area contributed by atoms with E-state index < -0.39 is 0 Å². The van der Waals surface area contributed by atoms with Crippen LogP contribution >= 0.6 is 0 Å². The van der Waals surface area contributed by atoms with Crippen LogP contribution in [0.1, 0.15) is 52.1 Å². The first-order chi connectivity index (χ1) is 12.8. The molecule has 1 aliphatic rings. The van der Waals surface area contributed by atoms with Gasteiger partial charge in [-0.1, -0.05) is 27.2 Å². The van der Waals surface area contributed by atoms with Crippen molar-refractivity contribution in [3.63, 3.8) is 0 Å². The Bertz CT molecular complexity index is 658. The standard InChI is InChI=1S/C19H24N2O3.C2H6/c1-2-3-12-23-17-8-6-15(7-9-17)19-20-16(14-24-19)13-18(22)21-10-4-5-11-21;1-2/h6-9,14H,2-5,10-13H2,1H3;1-2H3. The second kappa shape index (κ2) is 10.6. The molecule has 1 saturated heterocycles. The average Bonchev–Trinajstić information content (AvgIpc) is 3.36. The van der Waals surface area contributed by atoms with Crippen molar-refractivity contribution >= 4 is 5.91 Å². The van der Waals surface area contributed by atoms with Crippen LogP contribution in [0.4, 0.5) is 0 Å². The van der Waals surface area contributed by atoms with Crippen molar-refractivity contribution in [1.82, 2.24) is 9.88 Å². The number of carbonyl (C=O) groups is 1. The van der Waals surface area contributed by atoms with E-state index in [4.69, 9.17) is 9.15 Å². The van der Waals surface area contributed by atoms with Crippen LogP contribution in [0, 0.1) is 0 Å². The quantitative estimate of drug-likeness (QED) is 0.673. The van der Waals surface area contributed by atoms with Crippen LogP contribution in [0.3, 0.4) is 0 Å². The number of carbonyl (C=O) groups excluding carboxylic acids is 1. The average molecular weight is 358 g/mol. The molecular formula is C21H30N2O3. The molecule has 0 saturated carbocycles. The third-order valence-corrected chi connectivity index (χ3v) is 4.21. The van der Waals surface area contributed by atoms with E-state index >= 15 is 0 Å². The van der Waals surface area contributed by atoms with Gasteiger partial charge in [0, 0.05) is 18.7 Å². The lowest BCUT2D eigenvalue weighted by Gasteiger charge is -2.13. The van der Waals surface area contributed by atoms with E-state index in [0.717, 1.165) is 56.7 Å². The lowest BCUT2D eigenvalue weighted by molar-refractivity contribution is -0.129. The molecule has 0 atom stereocenters. The van der Waals surface area contributed by atoms with Crippen LogP contribution in [-0.2, 0) is 11.2 Å². The van der Waals surface area contributed by atoms with E-state index in [9.17, 15) is 4.79 Å². The molecule has 0 unspecified atom stereocenters. The van der Waals surface area contributed by atoms with Crippen molar-refractivity contribution in [3.05, 3.63) is 36.2 Å². The molecule has 0 spiro atoms. The van der Waals surface area contributed by atoms with Crippen LogP contribution in [0.15, 0.2) is 34.9 Å². The van der Waals surface area contributed by atoms with Crippen LogP contribution < -0.4 is 4.74 Å². The highest BCUT2D eigenvalue weighted by Crippen LogP contribution is 2.22. The summed E-state index contributed by atoms with van der Waals surface area (Å²) in [7, 11) is 0. The number of rotatable bonds is 7. The SMILES string of the molecule is CC.CCCCOc1ccc(-c2nc(CC(=O)N3CCCC3)co2)cc1. The molecule has 1 fully saturated rings. The first-order valence-electron chi connectivity index (χ1n) is 9.71. The highest BCUT2D eigenvalue weighted by Gasteiger charge is 2.19. The minimum Gasteiger partial charge on any atom is -0.494 e. The Morgan fingerprint density at radius 2 is 1.88 bits per heavy atom. The van der Waals surface area contributed by atoms with Gasteiger partial charge in [-0.2, -0.15) is 0 Å². The number of amides is 1. The summed E-state index contributed by atoms with van der Waals surface area (Å²) in [5, 5.41) is 0. The van der Waals surface area contributed by atoms with Gasteiger partial charge in [0.25, 0.3) is 0 Å². The molecule has 1 aliphatic heterocycles. The minimum atomic E-state index is 0.132. The van der Waals surface area contributed by atoms with Gasteiger partial charge in [-0.3, -0.25) is 4.79 Å². The van der Waals surface area contributed by atoms with E-state index in [2.05, 4.69) is 11.9 Å². The molecule has 1 aromatic carbocycles. The van der Waals surface area contributed by atoms with E-state index in [1.165, 1.54) is 0 Å². The predicted octanol–water partition coefficient (Wildman–Crippen LogP) is 4.71. The van der Waals surface area contributed by atoms with E-state index in [1.807, 2.05) is 43.0 Å². The fraction of sp³-hybridized carbons (Fsp3) is 0.524. The van der Waals surface area contributed by atoms with Crippen LogP contribution in [0.25, 0.3) is 11.5 Å². The Morgan fingerprint density at radius 1 is 1.19 bits per heavy atom. The van der Waals surface area contributed by atoms with Crippen molar-refractivity contribution in [2.75, 3.05) is 19.7 Å². The molecule has 0 radical (unpaired) electrons. The first-order valence-corrected chi connectivity index (χ1v) is 9.71. The normalized spacial score (nSPS) is 13.3. The maximum atomic E-state index is 12.2. The molecule has 2 aromatic rings. The minimum absolute atomic E-state index is 0.132. The second-order valence-corrected chi connectivity index (χ2v) is 6.14. The van der Waals surface area contributed by atoms with Crippen molar-refractivity contribution in [2.24, 2.45) is 0 Å². The summed E-state index contributed by atoms with van der Waals surface area (Å²) in [4.78, 5) is 18.5. The summed E-state index contributed by atoms with van der Waals surface area (Å²) in [5.74, 6) is 1.52. The largest absolute Gasteiger partial charge is 0.494 e. The number of hydrogen-bond acceptors (Lipinski definition) is 4. The second-order valence-electron chi connectivity index (χ2n) is 6.14. The van der Waals surface area contributed by atoms with Crippen molar-refractivity contribution in [2.45, 2.75) is 52.9 Å². The fourth-order valence-corrected chi connectivity index (χ4v) is 2.78. The number of unbranched alkanes of at least 4 members (excludes halogenated alkanes) is 1. The van der Waals surface area contributed by atoms with E-state index in [-0.39, 0.29) is 5.91 Å². The van der Waals surface area contributed by atoms with Crippen molar-refractivity contribution in [1.29, 1.82) is 0 Å². The van der Waals surface area contributed by atoms with Crippen molar-refractivity contribution < 1.29 is 13.9 Å². The molecule has 5 nitrogen and oxygen atoms in total. The third kappa shape index (κ3) is 5.61. The Hall–Kier alpha value is -2.30. The van der Waals surface area contributed by atoms with Gasteiger partial charge >= 0.3 is 0 Å². The van der Waals surface area contributed by atoms with Gasteiger partial charge in [0.15, 0.2) is 0 Å². The van der Waals surface area contributed by atoms with Gasteiger partial charge in [0.1, 0.15) is 12.0 Å². The molecule has 1 aromatic heterocycles. The number of aromatic nitrogens is 1. The van der Waals surface area contributed by atoms with Crippen LogP contribution in [0.2, 0.25) is 0 Å². The molecule has 26 heavy (non-hydrogen) atoms. The first kappa shape index (κ1) is 20.0. The third-order valence-electron chi connectivity index (χ3n) is 4.21. The molecule has 2 heterocycles. The predicted molar refractivity (Wildman–Crippen MR) is 103 cm³/mol. The topological polar surface area (TPSA) is 55.6 Å². The molecule has 3 rings (SSSR count). The summed E-state index contributed by atoms with van der Waals surface area (Å²) in [6.45, 7) is 8.60. The van der Waals surface area contributed by atoms with Crippen LogP contribution in [-0.4, -0.2) is 35.5 Å². The van der Waals surface area contributed by atoms with Gasteiger partial charge in [-0.15, -0.1) is 0 Å². The summed E-state index contributed by atoms with van der Waals surface area (Å²) in [6.07, 6.45) is 6.25. The zero-order chi connectivity index (χ0) is 18.8.